The van der Waals surface area contributed by atoms with Gasteiger partial charge in [0.25, 0.3) is 0 Å². The monoisotopic (exact) mass is 159 g/mol. The highest BCUT2D eigenvalue weighted by Gasteiger charge is 1.98. The summed E-state index contributed by atoms with van der Waals surface area (Å²) in [6.45, 7) is 2.07. The van der Waals surface area contributed by atoms with Gasteiger partial charge >= 0.3 is 0 Å². The SMILES string of the molecule is CC[C@H](/C=C/[C@@H](O)OC)NC. The second kappa shape index (κ2) is 6.34. The first-order valence-corrected chi connectivity index (χ1v) is 3.81. The molecule has 0 unspecified atom stereocenters. The number of aliphatic hydroxyl groups excluding tert-OH is 1. The van der Waals surface area contributed by atoms with Gasteiger partial charge in [-0.05, 0) is 19.5 Å². The summed E-state index contributed by atoms with van der Waals surface area (Å²) in [6, 6.07) is 0.319. The first-order chi connectivity index (χ1) is 5.24. The molecule has 0 aromatic heterocycles. The molecule has 0 saturated heterocycles. The van der Waals surface area contributed by atoms with Crippen LogP contribution in [0.25, 0.3) is 0 Å². The van der Waals surface area contributed by atoms with Gasteiger partial charge in [0.05, 0.1) is 0 Å². The summed E-state index contributed by atoms with van der Waals surface area (Å²) in [5.41, 5.74) is 0. The van der Waals surface area contributed by atoms with Crippen molar-refractivity contribution in [2.75, 3.05) is 14.2 Å². The van der Waals surface area contributed by atoms with Crippen LogP contribution in [0.5, 0.6) is 0 Å². The van der Waals surface area contributed by atoms with E-state index in [9.17, 15) is 0 Å². The smallest absolute Gasteiger partial charge is 0.173 e. The minimum Gasteiger partial charge on any atom is -0.365 e. The molecule has 0 saturated carbocycles. The van der Waals surface area contributed by atoms with E-state index in [4.69, 9.17) is 5.11 Å². The lowest BCUT2D eigenvalue weighted by Gasteiger charge is -2.08. The van der Waals surface area contributed by atoms with Gasteiger partial charge in [-0.3, -0.25) is 0 Å². The normalized spacial score (nSPS) is 17.1. The molecule has 3 nitrogen and oxygen atoms in total. The van der Waals surface area contributed by atoms with Crippen LogP contribution in [0, 0.1) is 0 Å². The number of hydrogen-bond donors (Lipinski definition) is 2. The fourth-order valence-electron chi connectivity index (χ4n) is 0.744. The third-order valence-corrected chi connectivity index (χ3v) is 1.56. The molecule has 0 aromatic carbocycles. The molecule has 2 atom stereocenters. The van der Waals surface area contributed by atoms with Gasteiger partial charge in [0.2, 0.25) is 0 Å². The van der Waals surface area contributed by atoms with Gasteiger partial charge in [-0.25, -0.2) is 0 Å². The maximum Gasteiger partial charge on any atom is 0.173 e. The van der Waals surface area contributed by atoms with Crippen molar-refractivity contribution >= 4 is 0 Å². The van der Waals surface area contributed by atoms with Gasteiger partial charge in [0.1, 0.15) is 0 Å². The summed E-state index contributed by atoms with van der Waals surface area (Å²) >= 11 is 0. The van der Waals surface area contributed by atoms with Crippen LogP contribution in [0.1, 0.15) is 13.3 Å². The summed E-state index contributed by atoms with van der Waals surface area (Å²) in [5.74, 6) is 0. The molecule has 0 amide bonds. The maximum absolute atomic E-state index is 8.96. The largest absolute Gasteiger partial charge is 0.365 e. The zero-order valence-electron chi connectivity index (χ0n) is 7.37. The summed E-state index contributed by atoms with van der Waals surface area (Å²) in [7, 11) is 3.35. The predicted octanol–water partition coefficient (Wildman–Crippen LogP) is 0.505. The van der Waals surface area contributed by atoms with Gasteiger partial charge < -0.3 is 15.2 Å². The lowest BCUT2D eigenvalue weighted by molar-refractivity contribution is -0.0359. The standard InChI is InChI=1S/C8H17NO2/c1-4-7(9-2)5-6-8(10)11-3/h5-10H,4H2,1-3H3/b6-5+/t7-,8+/m1/s1. The number of rotatable bonds is 5. The highest BCUT2D eigenvalue weighted by Crippen LogP contribution is 1.94. The molecule has 0 heterocycles. The quantitative estimate of drug-likeness (QED) is 0.453. The Bertz CT molecular complexity index is 111. The molecule has 0 aliphatic carbocycles. The Morgan fingerprint density at radius 1 is 1.55 bits per heavy atom. The number of nitrogens with one attached hydrogen (secondary N) is 1. The van der Waals surface area contributed by atoms with E-state index in [1.165, 1.54) is 7.11 Å². The van der Waals surface area contributed by atoms with Crippen molar-refractivity contribution in [2.24, 2.45) is 0 Å². The van der Waals surface area contributed by atoms with Crippen LogP contribution < -0.4 is 5.32 Å². The van der Waals surface area contributed by atoms with Crippen LogP contribution in [0.3, 0.4) is 0 Å². The molecule has 0 aliphatic heterocycles. The number of aliphatic hydroxyl groups is 1. The highest BCUT2D eigenvalue weighted by molar-refractivity contribution is 4.93. The van der Waals surface area contributed by atoms with Crippen LogP contribution in [-0.2, 0) is 4.74 Å². The lowest BCUT2D eigenvalue weighted by Crippen LogP contribution is -2.22. The first kappa shape index (κ1) is 10.6. The van der Waals surface area contributed by atoms with Crippen molar-refractivity contribution in [1.82, 2.24) is 5.32 Å². The van der Waals surface area contributed by atoms with Crippen LogP contribution >= 0.6 is 0 Å². The topological polar surface area (TPSA) is 41.5 Å². The molecule has 0 bridgehead atoms. The van der Waals surface area contributed by atoms with Gasteiger partial charge in [-0.2, -0.15) is 0 Å². The summed E-state index contributed by atoms with van der Waals surface area (Å²) < 4.78 is 4.63. The minimum atomic E-state index is -0.780. The second-order valence-electron chi connectivity index (χ2n) is 2.31. The Morgan fingerprint density at radius 3 is 2.55 bits per heavy atom. The fraction of sp³-hybridized carbons (Fsp3) is 0.750. The van der Waals surface area contributed by atoms with Crippen LogP contribution in [0.2, 0.25) is 0 Å². The molecule has 0 rings (SSSR count). The molecule has 0 fully saturated rings. The summed E-state index contributed by atoms with van der Waals surface area (Å²) in [4.78, 5) is 0. The molecule has 2 N–H and O–H groups in total. The van der Waals surface area contributed by atoms with Crippen molar-refractivity contribution < 1.29 is 9.84 Å². The molecule has 0 spiro atoms. The average molecular weight is 159 g/mol. The van der Waals surface area contributed by atoms with Gasteiger partial charge in [-0.1, -0.05) is 13.0 Å². The van der Waals surface area contributed by atoms with Crippen molar-refractivity contribution in [3.63, 3.8) is 0 Å². The van der Waals surface area contributed by atoms with Crippen molar-refractivity contribution in [3.05, 3.63) is 12.2 Å². The molecular weight excluding hydrogens is 142 g/mol. The number of ether oxygens (including phenoxy) is 1. The molecule has 0 aromatic rings. The first-order valence-electron chi connectivity index (χ1n) is 3.81. The zero-order chi connectivity index (χ0) is 8.69. The lowest BCUT2D eigenvalue weighted by atomic mass is 10.2. The van der Waals surface area contributed by atoms with Crippen molar-refractivity contribution in [3.8, 4) is 0 Å². The Labute approximate surface area is 68.1 Å². The molecule has 66 valence electrons. The summed E-state index contributed by atoms with van der Waals surface area (Å²) in [6.07, 6.45) is 3.75. The Balaban J connectivity index is 3.68. The second-order valence-corrected chi connectivity index (χ2v) is 2.31. The van der Waals surface area contributed by atoms with Crippen LogP contribution in [0.15, 0.2) is 12.2 Å². The van der Waals surface area contributed by atoms with E-state index >= 15 is 0 Å². The Morgan fingerprint density at radius 2 is 2.18 bits per heavy atom. The molecule has 0 radical (unpaired) electrons. The minimum absolute atomic E-state index is 0.319. The molecule has 0 aliphatic rings. The number of hydrogen-bond acceptors (Lipinski definition) is 3. The van der Waals surface area contributed by atoms with Gasteiger partial charge in [0.15, 0.2) is 6.29 Å². The average Bonchev–Trinajstić information content (AvgIpc) is 2.06. The van der Waals surface area contributed by atoms with E-state index in [0.717, 1.165) is 6.42 Å². The predicted molar refractivity (Wildman–Crippen MR) is 45.3 cm³/mol. The van der Waals surface area contributed by atoms with Crippen LogP contribution in [-0.4, -0.2) is 31.6 Å². The molecule has 11 heavy (non-hydrogen) atoms. The van der Waals surface area contributed by atoms with Gasteiger partial charge in [-0.15, -0.1) is 0 Å². The Hall–Kier alpha value is -0.380. The third-order valence-electron chi connectivity index (χ3n) is 1.56. The molecule has 3 heteroatoms. The third kappa shape index (κ3) is 4.95. The van der Waals surface area contributed by atoms with Crippen LogP contribution in [0.4, 0.5) is 0 Å². The van der Waals surface area contributed by atoms with E-state index in [2.05, 4.69) is 17.0 Å². The van der Waals surface area contributed by atoms with E-state index in [-0.39, 0.29) is 0 Å². The number of methoxy groups -OCH3 is 1. The van der Waals surface area contributed by atoms with E-state index in [1.54, 1.807) is 6.08 Å². The van der Waals surface area contributed by atoms with E-state index < -0.39 is 6.29 Å². The number of likely N-dealkylation sites (N-methyl/N-ethyl adjacent to an activating group) is 1. The highest BCUT2D eigenvalue weighted by atomic mass is 16.6. The van der Waals surface area contributed by atoms with Crippen molar-refractivity contribution in [2.45, 2.75) is 25.7 Å². The van der Waals surface area contributed by atoms with E-state index in [0.29, 0.717) is 6.04 Å². The van der Waals surface area contributed by atoms with Crippen molar-refractivity contribution in [1.29, 1.82) is 0 Å². The fourth-order valence-corrected chi connectivity index (χ4v) is 0.744. The zero-order valence-corrected chi connectivity index (χ0v) is 7.37. The van der Waals surface area contributed by atoms with E-state index in [1.807, 2.05) is 13.1 Å². The Kier molecular flexibility index (Phi) is 6.12. The summed E-state index contributed by atoms with van der Waals surface area (Å²) in [5, 5.41) is 12.0. The molecular formula is C8H17NO2. The maximum atomic E-state index is 8.96. The van der Waals surface area contributed by atoms with Gasteiger partial charge in [0, 0.05) is 13.2 Å².